The minimum Gasteiger partial charge on any atom is -0.382 e. The first kappa shape index (κ1) is 23.7. The lowest BCUT2D eigenvalue weighted by Gasteiger charge is -2.18. The van der Waals surface area contributed by atoms with Crippen LogP contribution in [0.5, 0.6) is 0 Å². The fourth-order valence-electron chi connectivity index (χ4n) is 3.85. The van der Waals surface area contributed by atoms with Gasteiger partial charge in [0.25, 0.3) is 0 Å². The first-order chi connectivity index (χ1) is 16.2. The van der Waals surface area contributed by atoms with Gasteiger partial charge in [0.15, 0.2) is 0 Å². The van der Waals surface area contributed by atoms with Gasteiger partial charge in [-0.1, -0.05) is 12.1 Å². The number of aromatic nitrogens is 2. The highest BCUT2D eigenvalue weighted by Gasteiger charge is 2.42. The highest BCUT2D eigenvalue weighted by atomic mass is 19.4. The van der Waals surface area contributed by atoms with Crippen molar-refractivity contribution in [3.63, 3.8) is 0 Å². The first-order valence-corrected chi connectivity index (χ1v) is 10.6. The molecule has 2 amide bonds. The molecule has 2 aromatic carbocycles. The van der Waals surface area contributed by atoms with Crippen LogP contribution in [-0.4, -0.2) is 41.5 Å². The molecule has 1 aliphatic rings. The topological polar surface area (TPSA) is 96.1 Å². The largest absolute Gasteiger partial charge is 0.419 e. The van der Waals surface area contributed by atoms with Crippen LogP contribution in [0.4, 0.5) is 23.2 Å². The van der Waals surface area contributed by atoms with Crippen LogP contribution in [0.25, 0.3) is 11.0 Å². The van der Waals surface area contributed by atoms with Gasteiger partial charge >= 0.3 is 6.18 Å². The van der Waals surface area contributed by atoms with E-state index in [2.05, 4.69) is 20.6 Å². The number of benzene rings is 2. The highest BCUT2D eigenvalue weighted by Crippen LogP contribution is 2.48. The van der Waals surface area contributed by atoms with Crippen LogP contribution in [0.3, 0.4) is 0 Å². The number of hydrogen-bond donors (Lipinski definition) is 3. The van der Waals surface area contributed by atoms with Crippen LogP contribution in [0, 0.1) is 11.7 Å². The van der Waals surface area contributed by atoms with Gasteiger partial charge in [-0.05, 0) is 42.7 Å². The lowest BCUT2D eigenvalue weighted by atomic mass is 10.1. The second kappa shape index (κ2) is 9.41. The summed E-state index contributed by atoms with van der Waals surface area (Å²) >= 11 is 0. The number of ether oxygens (including phenoxy) is 1. The number of para-hydroxylation sites is 2. The average Bonchev–Trinajstić information content (AvgIpc) is 3.39. The van der Waals surface area contributed by atoms with E-state index in [-0.39, 0.29) is 30.6 Å². The lowest BCUT2D eigenvalue weighted by molar-refractivity contribution is -0.140. The molecule has 0 bridgehead atoms. The number of carbonyl (C=O) groups excluding carboxylic acids is 2. The summed E-state index contributed by atoms with van der Waals surface area (Å²) in [6, 6.07) is 8.60. The maximum atomic E-state index is 13.5. The molecule has 7 nitrogen and oxygen atoms in total. The number of halogens is 4. The molecule has 0 aliphatic heterocycles. The van der Waals surface area contributed by atoms with Gasteiger partial charge in [0.1, 0.15) is 17.7 Å². The zero-order valence-corrected chi connectivity index (χ0v) is 18.1. The smallest absolute Gasteiger partial charge is 0.382 e. The second-order valence-corrected chi connectivity index (χ2v) is 8.20. The van der Waals surface area contributed by atoms with Gasteiger partial charge in [-0.25, -0.2) is 9.37 Å². The Kier molecular flexibility index (Phi) is 6.56. The Labute approximate surface area is 191 Å². The fourth-order valence-corrected chi connectivity index (χ4v) is 3.85. The molecule has 4 rings (SSSR count). The van der Waals surface area contributed by atoms with E-state index in [1.54, 1.807) is 0 Å². The van der Waals surface area contributed by atoms with Crippen molar-refractivity contribution in [2.45, 2.75) is 31.0 Å². The molecule has 1 aromatic heterocycles. The zero-order valence-electron chi connectivity index (χ0n) is 18.1. The van der Waals surface area contributed by atoms with Crippen molar-refractivity contribution >= 4 is 28.5 Å². The van der Waals surface area contributed by atoms with Gasteiger partial charge in [0.2, 0.25) is 11.8 Å². The maximum absolute atomic E-state index is 13.5. The van der Waals surface area contributed by atoms with Crippen molar-refractivity contribution in [3.8, 4) is 0 Å². The van der Waals surface area contributed by atoms with E-state index in [1.165, 1.54) is 7.11 Å². The number of carbonyl (C=O) groups is 2. The van der Waals surface area contributed by atoms with Gasteiger partial charge < -0.3 is 20.4 Å². The summed E-state index contributed by atoms with van der Waals surface area (Å²) in [5.41, 5.74) is 0.0158. The standard InChI is InChI=1S/C23H22F4N4O3/c1-34-11-19(22(33)28-13-6-7-16(24)15(10-13)23(25,26)27)29-20(32)9-12-8-14(12)21-30-17-4-2-3-5-18(17)31-21/h2-7,10,12,14,19H,8-9,11H2,1H3,(H,28,33)(H,29,32)(H,30,31)/t12-,14-,19?/m0/s1. The van der Waals surface area contributed by atoms with E-state index in [1.807, 2.05) is 24.3 Å². The summed E-state index contributed by atoms with van der Waals surface area (Å²) in [7, 11) is 1.32. The number of aromatic amines is 1. The number of rotatable bonds is 8. The molecule has 0 radical (unpaired) electrons. The molecule has 11 heteroatoms. The number of alkyl halides is 3. The van der Waals surface area contributed by atoms with Crippen LogP contribution in [0.2, 0.25) is 0 Å². The molecular weight excluding hydrogens is 456 g/mol. The maximum Gasteiger partial charge on any atom is 0.419 e. The van der Waals surface area contributed by atoms with Crippen molar-refractivity contribution in [2.24, 2.45) is 5.92 Å². The third-order valence-corrected chi connectivity index (χ3v) is 5.65. The number of hydrogen-bond acceptors (Lipinski definition) is 4. The molecule has 0 saturated heterocycles. The van der Waals surface area contributed by atoms with E-state index in [9.17, 15) is 27.2 Å². The third kappa shape index (κ3) is 5.36. The van der Waals surface area contributed by atoms with Crippen molar-refractivity contribution < 1.29 is 31.9 Å². The molecule has 1 aliphatic carbocycles. The van der Waals surface area contributed by atoms with Gasteiger partial charge in [-0.15, -0.1) is 0 Å². The summed E-state index contributed by atoms with van der Waals surface area (Å²) in [5.74, 6) is -1.65. The van der Waals surface area contributed by atoms with Crippen LogP contribution in [-0.2, 0) is 20.5 Å². The summed E-state index contributed by atoms with van der Waals surface area (Å²) in [5, 5.41) is 4.84. The molecule has 3 N–H and O–H groups in total. The van der Waals surface area contributed by atoms with Crippen LogP contribution >= 0.6 is 0 Å². The van der Waals surface area contributed by atoms with Crippen LogP contribution in [0.1, 0.15) is 30.1 Å². The molecule has 1 unspecified atom stereocenters. The Morgan fingerprint density at radius 1 is 1.24 bits per heavy atom. The summed E-state index contributed by atoms with van der Waals surface area (Å²) in [6.45, 7) is -0.192. The molecule has 180 valence electrons. The highest BCUT2D eigenvalue weighted by molar-refractivity contribution is 5.97. The van der Waals surface area contributed by atoms with Gasteiger partial charge in [0, 0.05) is 25.1 Å². The van der Waals surface area contributed by atoms with Crippen molar-refractivity contribution in [1.29, 1.82) is 0 Å². The molecule has 3 aromatic rings. The monoisotopic (exact) mass is 478 g/mol. The van der Waals surface area contributed by atoms with Crippen LogP contribution < -0.4 is 10.6 Å². The number of imidazole rings is 1. The van der Waals surface area contributed by atoms with Crippen molar-refractivity contribution in [2.75, 3.05) is 19.0 Å². The van der Waals surface area contributed by atoms with Crippen molar-refractivity contribution in [1.82, 2.24) is 15.3 Å². The molecule has 1 fully saturated rings. The fraction of sp³-hybridized carbons (Fsp3) is 0.348. The molecule has 1 heterocycles. The van der Waals surface area contributed by atoms with E-state index in [4.69, 9.17) is 4.74 Å². The SMILES string of the molecule is COCC(NC(=O)C[C@@H]1C[C@@H]1c1nc2ccccc2[nH]1)C(=O)Nc1ccc(F)c(C(F)(F)F)c1. The first-order valence-electron chi connectivity index (χ1n) is 10.6. The number of anilines is 1. The predicted molar refractivity (Wildman–Crippen MR) is 115 cm³/mol. The summed E-state index contributed by atoms with van der Waals surface area (Å²) < 4.78 is 57.2. The molecule has 0 spiro atoms. The lowest BCUT2D eigenvalue weighted by Crippen LogP contribution is -2.46. The van der Waals surface area contributed by atoms with E-state index in [0.717, 1.165) is 29.3 Å². The number of fused-ring (bicyclic) bond motifs is 1. The van der Waals surface area contributed by atoms with Gasteiger partial charge in [-0.2, -0.15) is 13.2 Å². The Bertz CT molecular complexity index is 1180. The number of nitrogens with zero attached hydrogens (tertiary/aromatic N) is 1. The molecular formula is C23H22F4N4O3. The number of H-pyrrole nitrogens is 1. The summed E-state index contributed by atoms with van der Waals surface area (Å²) in [4.78, 5) is 32.9. The predicted octanol–water partition coefficient (Wildman–Crippen LogP) is 3.98. The second-order valence-electron chi connectivity index (χ2n) is 8.20. The minimum atomic E-state index is -4.91. The number of nitrogens with one attached hydrogen (secondary N) is 3. The Morgan fingerprint density at radius 3 is 2.71 bits per heavy atom. The molecule has 1 saturated carbocycles. The number of amides is 2. The van der Waals surface area contributed by atoms with Crippen LogP contribution in [0.15, 0.2) is 42.5 Å². The van der Waals surface area contributed by atoms with E-state index >= 15 is 0 Å². The third-order valence-electron chi connectivity index (χ3n) is 5.65. The normalized spacial score (nSPS) is 18.5. The van der Waals surface area contributed by atoms with Crippen molar-refractivity contribution in [3.05, 3.63) is 59.7 Å². The average molecular weight is 478 g/mol. The van der Waals surface area contributed by atoms with Gasteiger partial charge in [-0.3, -0.25) is 9.59 Å². The number of methoxy groups -OCH3 is 1. The zero-order chi connectivity index (χ0) is 24.5. The molecule has 3 atom stereocenters. The Hall–Kier alpha value is -3.47. The minimum absolute atomic E-state index is 0.0539. The van der Waals surface area contributed by atoms with Gasteiger partial charge in [0.05, 0.1) is 23.2 Å². The summed E-state index contributed by atoms with van der Waals surface area (Å²) in [6.07, 6.45) is -3.99. The quantitative estimate of drug-likeness (QED) is 0.427. The Morgan fingerprint density at radius 2 is 2.00 bits per heavy atom. The Balaban J connectivity index is 1.35. The van der Waals surface area contributed by atoms with E-state index in [0.29, 0.717) is 12.1 Å². The molecule has 34 heavy (non-hydrogen) atoms. The van der Waals surface area contributed by atoms with E-state index < -0.39 is 35.4 Å².